The Morgan fingerprint density at radius 3 is 2.29 bits per heavy atom. The maximum atomic E-state index is 12.4. The van der Waals surface area contributed by atoms with Crippen LogP contribution in [0.1, 0.15) is 57.6 Å². The minimum atomic E-state index is -0.234. The van der Waals surface area contributed by atoms with Gasteiger partial charge < -0.3 is 5.32 Å². The Hall–Kier alpha value is -2.08. The number of benzene rings is 1. The molecule has 0 aromatic heterocycles. The fourth-order valence-electron chi connectivity index (χ4n) is 3.35. The topological polar surface area (TPSA) is 52.9 Å². The van der Waals surface area contributed by atoms with Gasteiger partial charge in [-0.2, -0.15) is 5.26 Å². The van der Waals surface area contributed by atoms with Gasteiger partial charge in [-0.05, 0) is 55.1 Å². The zero-order valence-corrected chi connectivity index (χ0v) is 15.3. The molecule has 0 heterocycles. The van der Waals surface area contributed by atoms with E-state index in [1.54, 1.807) is 0 Å². The summed E-state index contributed by atoms with van der Waals surface area (Å²) < 4.78 is 0. The molecule has 0 spiro atoms. The number of aryl methyl sites for hydroxylation is 1. The molecule has 128 valence electrons. The van der Waals surface area contributed by atoms with Gasteiger partial charge in [0.2, 0.25) is 0 Å². The van der Waals surface area contributed by atoms with Crippen LogP contribution in [0.5, 0.6) is 0 Å². The van der Waals surface area contributed by atoms with Crippen molar-refractivity contribution in [2.24, 2.45) is 11.3 Å². The molecule has 24 heavy (non-hydrogen) atoms. The lowest BCUT2D eigenvalue weighted by Crippen LogP contribution is -2.27. The molecule has 1 amide bonds. The SMILES string of the molecule is Cc1ccc(CNC(=O)C(C#N)=C2CCC(C(C)(C)C)CC2)cc1. The van der Waals surface area contributed by atoms with E-state index in [9.17, 15) is 10.1 Å². The van der Waals surface area contributed by atoms with Crippen LogP contribution >= 0.6 is 0 Å². The van der Waals surface area contributed by atoms with Crippen molar-refractivity contribution in [3.63, 3.8) is 0 Å². The summed E-state index contributed by atoms with van der Waals surface area (Å²) in [5, 5.41) is 12.3. The smallest absolute Gasteiger partial charge is 0.262 e. The second-order valence-electron chi connectivity index (χ2n) is 7.90. The number of rotatable bonds is 3. The second-order valence-corrected chi connectivity index (χ2v) is 7.90. The van der Waals surface area contributed by atoms with E-state index in [1.165, 1.54) is 5.56 Å². The number of carbonyl (C=O) groups is 1. The van der Waals surface area contributed by atoms with Crippen LogP contribution in [0.25, 0.3) is 0 Å². The fraction of sp³-hybridized carbons (Fsp3) is 0.524. The first-order valence-corrected chi connectivity index (χ1v) is 8.77. The molecule has 1 aromatic rings. The first kappa shape index (κ1) is 18.3. The Bertz CT molecular complexity index is 647. The summed E-state index contributed by atoms with van der Waals surface area (Å²) in [6, 6.07) is 10.2. The first-order chi connectivity index (χ1) is 11.3. The van der Waals surface area contributed by atoms with Gasteiger partial charge in [0, 0.05) is 6.54 Å². The van der Waals surface area contributed by atoms with Crippen LogP contribution in [-0.4, -0.2) is 5.91 Å². The third kappa shape index (κ3) is 4.71. The minimum Gasteiger partial charge on any atom is -0.347 e. The summed E-state index contributed by atoms with van der Waals surface area (Å²) in [4.78, 5) is 12.4. The van der Waals surface area contributed by atoms with Crippen molar-refractivity contribution in [1.82, 2.24) is 5.32 Å². The molecule has 1 saturated carbocycles. The Kier molecular flexibility index (Phi) is 5.83. The highest BCUT2D eigenvalue weighted by Crippen LogP contribution is 2.40. The molecule has 0 saturated heterocycles. The van der Waals surface area contributed by atoms with E-state index >= 15 is 0 Å². The number of nitriles is 1. The van der Waals surface area contributed by atoms with E-state index in [-0.39, 0.29) is 5.91 Å². The molecule has 0 unspecified atom stereocenters. The molecule has 1 fully saturated rings. The van der Waals surface area contributed by atoms with Gasteiger partial charge in [0.15, 0.2) is 0 Å². The predicted octanol–water partition coefficient (Wildman–Crippen LogP) is 4.67. The van der Waals surface area contributed by atoms with Crippen LogP contribution in [0.2, 0.25) is 0 Å². The standard InChI is InChI=1S/C21H28N2O/c1-15-5-7-16(8-6-15)14-23-20(24)19(13-22)17-9-11-18(12-10-17)21(2,3)4/h5-8,18H,9-12,14H2,1-4H3,(H,23,24). The van der Waals surface area contributed by atoms with Crippen LogP contribution < -0.4 is 5.32 Å². The van der Waals surface area contributed by atoms with Gasteiger partial charge in [-0.1, -0.05) is 50.6 Å². The maximum absolute atomic E-state index is 12.4. The van der Waals surface area contributed by atoms with E-state index in [0.717, 1.165) is 36.8 Å². The Balaban J connectivity index is 1.99. The molecule has 1 aromatic carbocycles. The molecule has 3 nitrogen and oxygen atoms in total. The molecule has 1 N–H and O–H groups in total. The van der Waals surface area contributed by atoms with Gasteiger partial charge >= 0.3 is 0 Å². The summed E-state index contributed by atoms with van der Waals surface area (Å²) >= 11 is 0. The van der Waals surface area contributed by atoms with E-state index in [1.807, 2.05) is 31.2 Å². The van der Waals surface area contributed by atoms with Crippen LogP contribution in [0.4, 0.5) is 0 Å². The summed E-state index contributed by atoms with van der Waals surface area (Å²) in [7, 11) is 0. The number of hydrogen-bond donors (Lipinski definition) is 1. The lowest BCUT2D eigenvalue weighted by atomic mass is 9.71. The maximum Gasteiger partial charge on any atom is 0.262 e. The fourth-order valence-corrected chi connectivity index (χ4v) is 3.35. The Labute approximate surface area is 145 Å². The van der Waals surface area contributed by atoms with Crippen molar-refractivity contribution in [2.45, 2.75) is 59.9 Å². The van der Waals surface area contributed by atoms with Gasteiger partial charge in [-0.25, -0.2) is 0 Å². The summed E-state index contributed by atoms with van der Waals surface area (Å²) in [5.74, 6) is 0.430. The summed E-state index contributed by atoms with van der Waals surface area (Å²) in [6.07, 6.45) is 3.86. The Morgan fingerprint density at radius 1 is 1.21 bits per heavy atom. The van der Waals surface area contributed by atoms with E-state index in [0.29, 0.717) is 23.5 Å². The van der Waals surface area contributed by atoms with Gasteiger partial charge in [0.25, 0.3) is 5.91 Å². The molecular weight excluding hydrogens is 296 g/mol. The van der Waals surface area contributed by atoms with Crippen molar-refractivity contribution in [2.75, 3.05) is 0 Å². The highest BCUT2D eigenvalue weighted by molar-refractivity contribution is 5.98. The van der Waals surface area contributed by atoms with E-state index in [4.69, 9.17) is 0 Å². The lowest BCUT2D eigenvalue weighted by Gasteiger charge is -2.35. The second kappa shape index (κ2) is 7.66. The van der Waals surface area contributed by atoms with Crippen molar-refractivity contribution < 1.29 is 4.79 Å². The summed E-state index contributed by atoms with van der Waals surface area (Å²) in [5.41, 5.74) is 3.90. The highest BCUT2D eigenvalue weighted by Gasteiger charge is 2.29. The van der Waals surface area contributed by atoms with Crippen LogP contribution in [0.15, 0.2) is 35.4 Å². The quantitative estimate of drug-likeness (QED) is 0.649. The third-order valence-electron chi connectivity index (χ3n) is 5.08. The van der Waals surface area contributed by atoms with Crippen LogP contribution in [-0.2, 0) is 11.3 Å². The zero-order valence-electron chi connectivity index (χ0n) is 15.3. The molecule has 2 rings (SSSR count). The van der Waals surface area contributed by atoms with Gasteiger partial charge in [0.05, 0.1) is 0 Å². The van der Waals surface area contributed by atoms with Gasteiger partial charge in [-0.3, -0.25) is 4.79 Å². The van der Waals surface area contributed by atoms with E-state index < -0.39 is 0 Å². The molecule has 0 atom stereocenters. The molecule has 3 heteroatoms. The highest BCUT2D eigenvalue weighted by atomic mass is 16.1. The molecule has 0 bridgehead atoms. The number of carbonyl (C=O) groups excluding carboxylic acids is 1. The number of nitrogens with one attached hydrogen (secondary N) is 1. The Morgan fingerprint density at radius 2 is 1.79 bits per heavy atom. The number of hydrogen-bond acceptors (Lipinski definition) is 2. The molecule has 0 radical (unpaired) electrons. The average molecular weight is 324 g/mol. The van der Waals surface area contributed by atoms with Crippen LogP contribution in [0.3, 0.4) is 0 Å². The number of allylic oxidation sites excluding steroid dienone is 1. The monoisotopic (exact) mass is 324 g/mol. The third-order valence-corrected chi connectivity index (χ3v) is 5.08. The van der Waals surface area contributed by atoms with Crippen LogP contribution in [0, 0.1) is 29.6 Å². The molecule has 1 aliphatic rings. The van der Waals surface area contributed by atoms with Gasteiger partial charge in [0.1, 0.15) is 11.6 Å². The van der Waals surface area contributed by atoms with Crippen molar-refractivity contribution in [3.8, 4) is 6.07 Å². The zero-order chi connectivity index (χ0) is 17.7. The lowest BCUT2D eigenvalue weighted by molar-refractivity contribution is -0.117. The largest absolute Gasteiger partial charge is 0.347 e. The van der Waals surface area contributed by atoms with Gasteiger partial charge in [-0.15, -0.1) is 0 Å². The van der Waals surface area contributed by atoms with Crippen molar-refractivity contribution in [3.05, 3.63) is 46.5 Å². The molecule has 1 aliphatic carbocycles. The van der Waals surface area contributed by atoms with Crippen molar-refractivity contribution in [1.29, 1.82) is 5.26 Å². The normalized spacial score (nSPS) is 18.0. The number of nitrogens with zero attached hydrogens (tertiary/aromatic N) is 1. The minimum absolute atomic E-state index is 0.234. The average Bonchev–Trinajstić information content (AvgIpc) is 2.55. The van der Waals surface area contributed by atoms with Crippen molar-refractivity contribution >= 4 is 5.91 Å². The molecular formula is C21H28N2O. The number of amides is 1. The first-order valence-electron chi connectivity index (χ1n) is 8.77. The summed E-state index contributed by atoms with van der Waals surface area (Å²) in [6.45, 7) is 9.31. The van der Waals surface area contributed by atoms with E-state index in [2.05, 4.69) is 32.2 Å². The molecule has 0 aliphatic heterocycles. The predicted molar refractivity (Wildman–Crippen MR) is 97.1 cm³/mol.